The van der Waals surface area contributed by atoms with Crippen LogP contribution >= 0.6 is 11.3 Å². The van der Waals surface area contributed by atoms with E-state index >= 15 is 0 Å². The number of benzene rings is 2. The van der Waals surface area contributed by atoms with Crippen molar-refractivity contribution in [1.29, 1.82) is 0 Å². The summed E-state index contributed by atoms with van der Waals surface area (Å²) in [7, 11) is 1.70. The highest BCUT2D eigenvalue weighted by Crippen LogP contribution is 2.25. The molecule has 156 valence electrons. The van der Waals surface area contributed by atoms with Crippen LogP contribution in [-0.2, 0) is 4.79 Å². The largest absolute Gasteiger partial charge is 0.316 e. The molecule has 2 aromatic carbocycles. The topological polar surface area (TPSA) is 95.7 Å². The van der Waals surface area contributed by atoms with Crippen molar-refractivity contribution in [2.75, 3.05) is 11.9 Å². The Morgan fingerprint density at radius 3 is 2.48 bits per heavy atom. The normalized spacial score (nSPS) is 11.2. The number of nitrogens with one attached hydrogen (secondary N) is 1. The average molecular weight is 433 g/mol. The number of aromatic amines is 1. The van der Waals surface area contributed by atoms with Gasteiger partial charge in [-0.2, -0.15) is 9.80 Å². The summed E-state index contributed by atoms with van der Waals surface area (Å²) in [5, 5.41) is 13.8. The number of carbonyl (C=O) groups excluding carboxylic acids is 1. The fraction of sp³-hybridized carbons (Fsp3) is 0.136. The molecule has 0 aliphatic heterocycles. The number of nitrogens with zero attached hydrogens (tertiary/aromatic N) is 5. The minimum absolute atomic E-state index is 0.0597. The van der Waals surface area contributed by atoms with Crippen molar-refractivity contribution in [2.45, 2.75) is 13.8 Å². The molecule has 0 radical (unpaired) electrons. The zero-order valence-corrected chi connectivity index (χ0v) is 18.1. The third-order valence-corrected chi connectivity index (χ3v) is 5.59. The van der Waals surface area contributed by atoms with Crippen LogP contribution in [0.5, 0.6) is 0 Å². The highest BCUT2D eigenvalue weighted by atomic mass is 32.1. The molecule has 2 heterocycles. The molecule has 0 atom stereocenters. The second-order valence-corrected chi connectivity index (χ2v) is 7.74. The van der Waals surface area contributed by atoms with E-state index in [1.165, 1.54) is 27.8 Å². The Hall–Kier alpha value is -3.85. The fourth-order valence-electron chi connectivity index (χ4n) is 2.93. The van der Waals surface area contributed by atoms with Crippen LogP contribution in [0, 0.1) is 6.92 Å². The molecular weight excluding hydrogens is 412 g/mol. The lowest BCUT2D eigenvalue weighted by Crippen LogP contribution is -2.22. The Kier molecular flexibility index (Phi) is 5.59. The van der Waals surface area contributed by atoms with E-state index in [0.29, 0.717) is 16.5 Å². The van der Waals surface area contributed by atoms with Crippen LogP contribution in [0.4, 0.5) is 17.1 Å². The number of aromatic nitrogens is 3. The Bertz CT molecular complexity index is 1300. The summed E-state index contributed by atoms with van der Waals surface area (Å²) in [6, 6.07) is 16.8. The van der Waals surface area contributed by atoms with Gasteiger partial charge in [-0.25, -0.2) is 4.98 Å². The molecule has 31 heavy (non-hydrogen) atoms. The molecule has 1 N–H and O–H groups in total. The summed E-state index contributed by atoms with van der Waals surface area (Å²) >= 11 is 1.37. The number of anilines is 1. The average Bonchev–Trinajstić information content (AvgIpc) is 3.37. The second kappa shape index (κ2) is 8.49. The molecule has 0 saturated carbocycles. The van der Waals surface area contributed by atoms with Crippen molar-refractivity contribution >= 4 is 34.3 Å². The first-order valence-corrected chi connectivity index (χ1v) is 10.4. The lowest BCUT2D eigenvalue weighted by atomic mass is 10.2. The van der Waals surface area contributed by atoms with Gasteiger partial charge in [0.25, 0.3) is 0 Å². The first-order valence-electron chi connectivity index (χ1n) is 9.53. The standard InChI is InChI=1S/C22H20N6O2S/c1-14-20(25-24-17-9-11-18(12-10-17)27(3)15(2)29)21(30)28(26-14)22-23-19(13-31-22)16-7-5-4-6-8-16/h4-13,26H,1-3H3. The SMILES string of the molecule is CC(=O)N(C)c1ccc(N=Nc2c(C)[nH]n(-c3nc(-c4ccccc4)cs3)c2=O)cc1. The van der Waals surface area contributed by atoms with E-state index < -0.39 is 0 Å². The first kappa shape index (κ1) is 20.4. The maximum atomic E-state index is 12.9. The highest BCUT2D eigenvalue weighted by molar-refractivity contribution is 7.12. The third-order valence-electron chi connectivity index (χ3n) is 4.77. The summed E-state index contributed by atoms with van der Waals surface area (Å²) in [5.41, 5.74) is 3.62. The van der Waals surface area contributed by atoms with Crippen LogP contribution in [0.2, 0.25) is 0 Å². The number of carbonyl (C=O) groups is 1. The maximum Gasteiger partial charge on any atom is 0.301 e. The number of hydrogen-bond donors (Lipinski definition) is 1. The van der Waals surface area contributed by atoms with E-state index in [2.05, 4.69) is 20.3 Å². The smallest absolute Gasteiger partial charge is 0.301 e. The number of thiazole rings is 1. The summed E-state index contributed by atoms with van der Waals surface area (Å²) in [6.45, 7) is 3.27. The van der Waals surface area contributed by atoms with E-state index in [0.717, 1.165) is 16.9 Å². The van der Waals surface area contributed by atoms with E-state index in [1.54, 1.807) is 38.2 Å². The molecule has 1 amide bonds. The van der Waals surface area contributed by atoms with Crippen LogP contribution in [0.1, 0.15) is 12.6 Å². The molecule has 0 saturated heterocycles. The molecular formula is C22H20N6O2S. The van der Waals surface area contributed by atoms with E-state index in [1.807, 2.05) is 35.7 Å². The lowest BCUT2D eigenvalue weighted by Gasteiger charge is -2.14. The molecule has 0 aliphatic carbocycles. The minimum atomic E-state index is -0.317. The molecule has 4 rings (SSSR count). The van der Waals surface area contributed by atoms with Gasteiger partial charge in [0.1, 0.15) is 0 Å². The van der Waals surface area contributed by atoms with Gasteiger partial charge in [-0.1, -0.05) is 30.3 Å². The Morgan fingerprint density at radius 1 is 1.10 bits per heavy atom. The quantitative estimate of drug-likeness (QED) is 0.450. The molecule has 0 aliphatic rings. The van der Waals surface area contributed by atoms with Crippen LogP contribution in [-0.4, -0.2) is 27.7 Å². The number of rotatable bonds is 5. The predicted molar refractivity (Wildman–Crippen MR) is 122 cm³/mol. The molecule has 4 aromatic rings. The number of azo groups is 1. The van der Waals surface area contributed by atoms with Crippen molar-refractivity contribution < 1.29 is 4.79 Å². The highest BCUT2D eigenvalue weighted by Gasteiger charge is 2.15. The zero-order valence-electron chi connectivity index (χ0n) is 17.2. The molecule has 0 unspecified atom stereocenters. The van der Waals surface area contributed by atoms with Crippen molar-refractivity contribution in [3.05, 3.63) is 76.0 Å². The molecule has 0 bridgehead atoms. The molecule has 0 spiro atoms. The van der Waals surface area contributed by atoms with Crippen molar-refractivity contribution in [3.63, 3.8) is 0 Å². The summed E-state index contributed by atoms with van der Waals surface area (Å²) < 4.78 is 1.38. The lowest BCUT2D eigenvalue weighted by molar-refractivity contribution is -0.116. The number of aryl methyl sites for hydroxylation is 1. The van der Waals surface area contributed by atoms with Gasteiger partial charge in [0.05, 0.1) is 17.1 Å². The van der Waals surface area contributed by atoms with Crippen LogP contribution in [0.25, 0.3) is 16.4 Å². The van der Waals surface area contributed by atoms with Crippen molar-refractivity contribution in [3.8, 4) is 16.4 Å². The number of H-pyrrole nitrogens is 1. The van der Waals surface area contributed by atoms with Crippen LogP contribution in [0.3, 0.4) is 0 Å². The fourth-order valence-corrected chi connectivity index (χ4v) is 3.72. The molecule has 8 nitrogen and oxygen atoms in total. The Morgan fingerprint density at radius 2 is 1.81 bits per heavy atom. The van der Waals surface area contributed by atoms with E-state index in [9.17, 15) is 9.59 Å². The second-order valence-electron chi connectivity index (χ2n) is 6.90. The van der Waals surface area contributed by atoms with Gasteiger partial charge < -0.3 is 4.90 Å². The molecule has 9 heteroatoms. The minimum Gasteiger partial charge on any atom is -0.316 e. The first-order chi connectivity index (χ1) is 14.9. The van der Waals surface area contributed by atoms with Crippen molar-refractivity contribution in [1.82, 2.24) is 14.8 Å². The number of amides is 1. The van der Waals surface area contributed by atoms with E-state index in [4.69, 9.17) is 0 Å². The van der Waals surface area contributed by atoms with Crippen LogP contribution in [0.15, 0.2) is 75.0 Å². The molecule has 0 fully saturated rings. The van der Waals surface area contributed by atoms with Gasteiger partial charge in [0.2, 0.25) is 11.0 Å². The van der Waals surface area contributed by atoms with Gasteiger partial charge in [-0.05, 0) is 31.2 Å². The number of hydrogen-bond acceptors (Lipinski definition) is 6. The van der Waals surface area contributed by atoms with Gasteiger partial charge >= 0.3 is 5.56 Å². The van der Waals surface area contributed by atoms with Gasteiger partial charge in [-0.3, -0.25) is 14.7 Å². The van der Waals surface area contributed by atoms with Gasteiger partial charge in [0.15, 0.2) is 5.69 Å². The van der Waals surface area contributed by atoms with Gasteiger partial charge in [0, 0.05) is 30.6 Å². The third kappa shape index (κ3) is 4.22. The van der Waals surface area contributed by atoms with Crippen molar-refractivity contribution in [2.24, 2.45) is 10.2 Å². The summed E-state index contributed by atoms with van der Waals surface area (Å²) in [6.07, 6.45) is 0. The predicted octanol–water partition coefficient (Wildman–Crippen LogP) is 5.00. The maximum absolute atomic E-state index is 12.9. The van der Waals surface area contributed by atoms with E-state index in [-0.39, 0.29) is 17.2 Å². The summed E-state index contributed by atoms with van der Waals surface area (Å²) in [5.74, 6) is -0.0597. The Labute approximate surface area is 182 Å². The monoisotopic (exact) mass is 432 g/mol. The Balaban J connectivity index is 1.58. The van der Waals surface area contributed by atoms with Crippen LogP contribution < -0.4 is 10.5 Å². The summed E-state index contributed by atoms with van der Waals surface area (Å²) in [4.78, 5) is 30.4. The van der Waals surface area contributed by atoms with Gasteiger partial charge in [-0.15, -0.1) is 16.5 Å². The zero-order chi connectivity index (χ0) is 22.0. The molecule has 2 aromatic heterocycles.